The van der Waals surface area contributed by atoms with Crippen LogP contribution in [0.15, 0.2) is 59.7 Å². The molecule has 2 aromatic carbocycles. The van der Waals surface area contributed by atoms with Gasteiger partial charge in [-0.3, -0.25) is 4.79 Å². The summed E-state index contributed by atoms with van der Waals surface area (Å²) in [6.07, 6.45) is 0.711. The Morgan fingerprint density at radius 2 is 1.85 bits per heavy atom. The lowest BCUT2D eigenvalue weighted by molar-refractivity contribution is -0.122. The van der Waals surface area contributed by atoms with Crippen molar-refractivity contribution in [3.63, 3.8) is 0 Å². The van der Waals surface area contributed by atoms with Gasteiger partial charge in [-0.15, -0.1) is 10.2 Å². The summed E-state index contributed by atoms with van der Waals surface area (Å²) in [6.45, 7) is 3.98. The molecule has 3 rings (SSSR count). The molecule has 0 spiro atoms. The highest BCUT2D eigenvalue weighted by atomic mass is 16.2. The van der Waals surface area contributed by atoms with Crippen LogP contribution in [0, 0.1) is 6.92 Å². The average molecular weight is 348 g/mol. The van der Waals surface area contributed by atoms with Gasteiger partial charge in [0, 0.05) is 5.56 Å². The molecule has 0 radical (unpaired) electrons. The van der Waals surface area contributed by atoms with Crippen molar-refractivity contribution >= 4 is 11.6 Å². The van der Waals surface area contributed by atoms with Crippen molar-refractivity contribution in [3.05, 3.63) is 65.7 Å². The molecule has 0 saturated heterocycles. The number of carbonyl (C=O) groups excluding carboxylic acids is 1. The molecule has 7 heteroatoms. The molecular formula is C19H20N6O. The number of aromatic nitrogens is 4. The number of carbonyl (C=O) groups is 1. The van der Waals surface area contributed by atoms with Gasteiger partial charge in [-0.25, -0.2) is 5.43 Å². The molecule has 1 aromatic heterocycles. The summed E-state index contributed by atoms with van der Waals surface area (Å²) in [5, 5.41) is 16.3. The lowest BCUT2D eigenvalue weighted by atomic mass is 10.1. The van der Waals surface area contributed by atoms with Gasteiger partial charge in [0.2, 0.25) is 5.82 Å². The number of amides is 1. The fourth-order valence-electron chi connectivity index (χ4n) is 2.40. The Kier molecular flexibility index (Phi) is 5.48. The van der Waals surface area contributed by atoms with Gasteiger partial charge in [0.15, 0.2) is 0 Å². The van der Waals surface area contributed by atoms with Gasteiger partial charge >= 0.3 is 0 Å². The van der Waals surface area contributed by atoms with E-state index in [4.69, 9.17) is 0 Å². The number of hydrazone groups is 1. The number of hydrogen-bond acceptors (Lipinski definition) is 5. The van der Waals surface area contributed by atoms with E-state index in [0.717, 1.165) is 16.8 Å². The van der Waals surface area contributed by atoms with Gasteiger partial charge in [-0.2, -0.15) is 9.90 Å². The second-order valence-electron chi connectivity index (χ2n) is 5.82. The third-order valence-electron chi connectivity index (χ3n) is 3.81. The van der Waals surface area contributed by atoms with Crippen LogP contribution in [0.25, 0.3) is 11.4 Å². The molecule has 0 atom stereocenters. The van der Waals surface area contributed by atoms with Crippen LogP contribution < -0.4 is 5.43 Å². The maximum atomic E-state index is 12.1. The van der Waals surface area contributed by atoms with Crippen LogP contribution in [0.2, 0.25) is 0 Å². The Hall–Kier alpha value is -3.35. The predicted molar refractivity (Wildman–Crippen MR) is 99.4 cm³/mol. The van der Waals surface area contributed by atoms with E-state index < -0.39 is 0 Å². The van der Waals surface area contributed by atoms with Crippen molar-refractivity contribution in [2.45, 2.75) is 26.8 Å². The van der Waals surface area contributed by atoms with Gasteiger partial charge in [0.05, 0.1) is 5.71 Å². The normalized spacial score (nSPS) is 11.4. The number of benzene rings is 2. The smallest absolute Gasteiger partial charge is 0.263 e. The van der Waals surface area contributed by atoms with Crippen molar-refractivity contribution < 1.29 is 4.79 Å². The zero-order valence-corrected chi connectivity index (χ0v) is 14.8. The van der Waals surface area contributed by atoms with Gasteiger partial charge < -0.3 is 0 Å². The predicted octanol–water partition coefficient (Wildman–Crippen LogP) is 2.58. The standard InChI is InChI=1S/C19H20N6O/c1-3-17(15-11-9-14(2)10-12-15)20-21-18(26)13-25-23-19(22-24-25)16-7-5-4-6-8-16/h4-12H,3,13H2,1-2H3,(H,21,26)/b20-17-. The lowest BCUT2D eigenvalue weighted by Gasteiger charge is -2.05. The maximum absolute atomic E-state index is 12.1. The first-order valence-corrected chi connectivity index (χ1v) is 8.41. The van der Waals surface area contributed by atoms with Crippen molar-refractivity contribution in [3.8, 4) is 11.4 Å². The second kappa shape index (κ2) is 8.15. The Bertz CT molecular complexity index is 899. The molecular weight excluding hydrogens is 328 g/mol. The SMILES string of the molecule is CC/C(=N/NC(=O)Cn1nnc(-c2ccccc2)n1)c1ccc(C)cc1. The molecule has 0 aliphatic carbocycles. The van der Waals surface area contributed by atoms with Crippen molar-refractivity contribution in [1.29, 1.82) is 0 Å². The summed E-state index contributed by atoms with van der Waals surface area (Å²) in [5.41, 5.74) is 6.40. The molecule has 0 aliphatic rings. The Morgan fingerprint density at radius 1 is 1.12 bits per heavy atom. The van der Waals surface area contributed by atoms with Crippen LogP contribution in [-0.2, 0) is 11.3 Å². The molecule has 26 heavy (non-hydrogen) atoms. The number of tetrazole rings is 1. The quantitative estimate of drug-likeness (QED) is 0.548. The summed E-state index contributed by atoms with van der Waals surface area (Å²) in [7, 11) is 0. The first kappa shape index (κ1) is 17.5. The number of aryl methyl sites for hydroxylation is 1. The van der Waals surface area contributed by atoms with E-state index in [1.807, 2.05) is 68.4 Å². The molecule has 0 bridgehead atoms. The van der Waals surface area contributed by atoms with Crippen LogP contribution >= 0.6 is 0 Å². The zero-order valence-electron chi connectivity index (χ0n) is 14.8. The van der Waals surface area contributed by atoms with E-state index in [9.17, 15) is 4.79 Å². The monoisotopic (exact) mass is 348 g/mol. The van der Waals surface area contributed by atoms with Gasteiger partial charge in [-0.05, 0) is 24.1 Å². The highest BCUT2D eigenvalue weighted by molar-refractivity contribution is 6.00. The van der Waals surface area contributed by atoms with Gasteiger partial charge in [0.25, 0.3) is 5.91 Å². The van der Waals surface area contributed by atoms with Crippen LogP contribution in [0.4, 0.5) is 0 Å². The van der Waals surface area contributed by atoms with Crippen LogP contribution in [-0.4, -0.2) is 31.8 Å². The first-order chi connectivity index (χ1) is 12.7. The molecule has 0 fully saturated rings. The molecule has 3 aromatic rings. The first-order valence-electron chi connectivity index (χ1n) is 8.41. The van der Waals surface area contributed by atoms with Gasteiger partial charge in [0.1, 0.15) is 6.54 Å². The summed E-state index contributed by atoms with van der Waals surface area (Å²) in [6, 6.07) is 17.5. The Morgan fingerprint density at radius 3 is 2.54 bits per heavy atom. The number of hydrogen-bond donors (Lipinski definition) is 1. The van der Waals surface area contributed by atoms with E-state index in [2.05, 4.69) is 25.9 Å². The second-order valence-corrected chi connectivity index (χ2v) is 5.82. The van der Waals surface area contributed by atoms with Crippen LogP contribution in [0.5, 0.6) is 0 Å². The molecule has 0 saturated carbocycles. The summed E-state index contributed by atoms with van der Waals surface area (Å²) < 4.78 is 0. The van der Waals surface area contributed by atoms with E-state index in [0.29, 0.717) is 12.2 Å². The molecule has 7 nitrogen and oxygen atoms in total. The number of nitrogens with one attached hydrogen (secondary N) is 1. The summed E-state index contributed by atoms with van der Waals surface area (Å²) >= 11 is 0. The van der Waals surface area contributed by atoms with Crippen molar-refractivity contribution in [2.75, 3.05) is 0 Å². The summed E-state index contributed by atoms with van der Waals surface area (Å²) in [4.78, 5) is 13.4. The Balaban J connectivity index is 1.63. The fourth-order valence-corrected chi connectivity index (χ4v) is 2.40. The molecule has 1 heterocycles. The van der Waals surface area contributed by atoms with Crippen LogP contribution in [0.3, 0.4) is 0 Å². The van der Waals surface area contributed by atoms with E-state index in [-0.39, 0.29) is 12.5 Å². The molecule has 1 N–H and O–H groups in total. The van der Waals surface area contributed by atoms with Crippen molar-refractivity contribution in [1.82, 2.24) is 25.6 Å². The van der Waals surface area contributed by atoms with E-state index >= 15 is 0 Å². The van der Waals surface area contributed by atoms with Crippen LogP contribution in [0.1, 0.15) is 24.5 Å². The number of rotatable bonds is 6. The lowest BCUT2D eigenvalue weighted by Crippen LogP contribution is -2.25. The maximum Gasteiger partial charge on any atom is 0.263 e. The summed E-state index contributed by atoms with van der Waals surface area (Å²) in [5.74, 6) is 0.177. The molecule has 1 amide bonds. The average Bonchev–Trinajstić information content (AvgIpc) is 3.13. The topological polar surface area (TPSA) is 85.1 Å². The minimum absolute atomic E-state index is 0.0474. The molecule has 132 valence electrons. The third-order valence-corrected chi connectivity index (χ3v) is 3.81. The third kappa shape index (κ3) is 4.38. The van der Waals surface area contributed by atoms with E-state index in [1.165, 1.54) is 10.4 Å². The highest BCUT2D eigenvalue weighted by Gasteiger charge is 2.09. The molecule has 0 unspecified atom stereocenters. The minimum Gasteiger partial charge on any atom is -0.271 e. The largest absolute Gasteiger partial charge is 0.271 e. The zero-order chi connectivity index (χ0) is 18.4. The Labute approximate surface area is 151 Å². The molecule has 0 aliphatic heterocycles. The minimum atomic E-state index is -0.305. The number of nitrogens with zero attached hydrogens (tertiary/aromatic N) is 5. The fraction of sp³-hybridized carbons (Fsp3) is 0.211. The highest BCUT2D eigenvalue weighted by Crippen LogP contribution is 2.11. The van der Waals surface area contributed by atoms with E-state index in [1.54, 1.807) is 0 Å². The van der Waals surface area contributed by atoms with Crippen molar-refractivity contribution in [2.24, 2.45) is 5.10 Å². The van der Waals surface area contributed by atoms with Gasteiger partial charge in [-0.1, -0.05) is 67.1 Å².